The summed E-state index contributed by atoms with van der Waals surface area (Å²) in [6.07, 6.45) is 0.740. The van der Waals surface area contributed by atoms with Crippen molar-refractivity contribution in [2.24, 2.45) is 5.10 Å². The maximum Gasteiger partial charge on any atom is 0.346 e. The Morgan fingerprint density at radius 1 is 1.20 bits per heavy atom. The smallest absolute Gasteiger partial charge is 0.346 e. The molecule has 0 N–H and O–H groups in total. The van der Waals surface area contributed by atoms with Crippen molar-refractivity contribution in [3.05, 3.63) is 61.0 Å². The van der Waals surface area contributed by atoms with Crippen molar-refractivity contribution in [1.82, 2.24) is 9.66 Å². The predicted molar refractivity (Wildman–Crippen MR) is 143 cm³/mol. The first-order valence-electron chi connectivity index (χ1n) is 10.9. The molecule has 0 bridgehead atoms. The van der Waals surface area contributed by atoms with E-state index in [0.29, 0.717) is 44.9 Å². The third-order valence-electron chi connectivity index (χ3n) is 4.99. The molecular weight excluding hydrogens is 582 g/mol. The highest BCUT2D eigenvalue weighted by atomic mass is 79.9. The van der Waals surface area contributed by atoms with E-state index in [-0.39, 0.29) is 5.56 Å². The quantitative estimate of drug-likeness (QED) is 0.262. The molecule has 0 saturated heterocycles. The van der Waals surface area contributed by atoms with E-state index in [1.54, 1.807) is 31.3 Å². The van der Waals surface area contributed by atoms with Gasteiger partial charge in [0.15, 0.2) is 17.6 Å². The van der Waals surface area contributed by atoms with Crippen LogP contribution in [-0.4, -0.2) is 41.7 Å². The van der Waals surface area contributed by atoms with E-state index >= 15 is 0 Å². The molecule has 0 aliphatic carbocycles. The molecule has 0 fully saturated rings. The molecule has 0 spiro atoms. The van der Waals surface area contributed by atoms with Crippen LogP contribution in [0, 0.1) is 0 Å². The van der Waals surface area contributed by atoms with Crippen LogP contribution >= 0.6 is 31.9 Å². The number of halogens is 2. The third kappa shape index (κ3) is 6.10. The van der Waals surface area contributed by atoms with E-state index < -0.39 is 17.5 Å². The topological polar surface area (TPSA) is 92.0 Å². The highest BCUT2D eigenvalue weighted by molar-refractivity contribution is 9.10. The average molecular weight is 609 g/mol. The number of benzene rings is 2. The van der Waals surface area contributed by atoms with Crippen molar-refractivity contribution in [3.8, 4) is 11.5 Å². The second kappa shape index (κ2) is 10.9. The van der Waals surface area contributed by atoms with Crippen molar-refractivity contribution in [2.75, 3.05) is 13.7 Å². The number of esters is 1. The zero-order chi connectivity index (χ0) is 25.9. The van der Waals surface area contributed by atoms with Crippen LogP contribution in [0.1, 0.15) is 46.0 Å². The van der Waals surface area contributed by atoms with Gasteiger partial charge in [0.1, 0.15) is 5.82 Å². The maximum absolute atomic E-state index is 13.4. The Hall–Kier alpha value is -2.72. The van der Waals surface area contributed by atoms with Gasteiger partial charge in [0.25, 0.3) is 5.56 Å². The third-order valence-corrected chi connectivity index (χ3v) is 6.17. The molecule has 35 heavy (non-hydrogen) atoms. The minimum Gasteiger partial charge on any atom is -0.490 e. The lowest BCUT2D eigenvalue weighted by Crippen LogP contribution is -2.29. The molecule has 1 aromatic heterocycles. The van der Waals surface area contributed by atoms with Crippen LogP contribution in [0.25, 0.3) is 10.9 Å². The maximum atomic E-state index is 13.4. The number of carbonyl (C=O) groups excluding carboxylic acids is 1. The second-order valence-electron chi connectivity index (χ2n) is 8.75. The van der Waals surface area contributed by atoms with E-state index in [2.05, 4.69) is 37.0 Å². The number of hydrogen-bond donors (Lipinski definition) is 0. The summed E-state index contributed by atoms with van der Waals surface area (Å²) in [5.74, 6) is 0.829. The minimum absolute atomic E-state index is 0.273. The Bertz CT molecular complexity index is 1350. The number of nitrogens with zero attached hydrogens (tertiary/aromatic N) is 3. The van der Waals surface area contributed by atoms with Gasteiger partial charge < -0.3 is 14.2 Å². The van der Waals surface area contributed by atoms with E-state index in [9.17, 15) is 9.59 Å². The standard InChI is InChI=1S/C25H27Br2N3O5/c1-7-34-20-10-15(18(27)12-21(20)35-14(2)23(32)33-6)13-28-30-22(31)17-11-16(26)8-9-19(17)29-24(30)25(3,4)5/h8-14H,7H2,1-6H3/t14-/m1/s1. The van der Waals surface area contributed by atoms with Gasteiger partial charge in [-0.3, -0.25) is 4.79 Å². The normalized spacial score (nSPS) is 12.7. The number of fused-ring (bicyclic) bond motifs is 1. The van der Waals surface area contributed by atoms with Gasteiger partial charge in [-0.1, -0.05) is 36.7 Å². The van der Waals surface area contributed by atoms with E-state index in [4.69, 9.17) is 19.2 Å². The summed E-state index contributed by atoms with van der Waals surface area (Å²) in [4.78, 5) is 29.9. The lowest BCUT2D eigenvalue weighted by atomic mass is 9.95. The van der Waals surface area contributed by atoms with E-state index in [1.807, 2.05) is 39.8 Å². The molecule has 0 radical (unpaired) electrons. The van der Waals surface area contributed by atoms with Gasteiger partial charge in [-0.15, -0.1) is 0 Å². The van der Waals surface area contributed by atoms with Crippen molar-refractivity contribution in [2.45, 2.75) is 46.1 Å². The van der Waals surface area contributed by atoms with Gasteiger partial charge in [-0.2, -0.15) is 9.78 Å². The first-order chi connectivity index (χ1) is 16.5. The zero-order valence-electron chi connectivity index (χ0n) is 20.4. The van der Waals surface area contributed by atoms with Crippen molar-refractivity contribution in [1.29, 1.82) is 0 Å². The van der Waals surface area contributed by atoms with Crippen LogP contribution in [0.2, 0.25) is 0 Å². The zero-order valence-corrected chi connectivity index (χ0v) is 23.6. The molecule has 10 heteroatoms. The largest absolute Gasteiger partial charge is 0.490 e. The molecule has 0 saturated carbocycles. The molecule has 0 amide bonds. The van der Waals surface area contributed by atoms with E-state index in [0.717, 1.165) is 4.47 Å². The van der Waals surface area contributed by atoms with Crippen molar-refractivity contribution >= 4 is 54.9 Å². The Balaban J connectivity index is 2.11. The van der Waals surface area contributed by atoms with Crippen LogP contribution in [-0.2, 0) is 14.9 Å². The fraction of sp³-hybridized carbons (Fsp3) is 0.360. The Morgan fingerprint density at radius 2 is 1.91 bits per heavy atom. The summed E-state index contributed by atoms with van der Waals surface area (Å²) in [5.41, 5.74) is 0.543. The Morgan fingerprint density at radius 3 is 2.54 bits per heavy atom. The predicted octanol–water partition coefficient (Wildman–Crippen LogP) is 5.44. The summed E-state index contributed by atoms with van der Waals surface area (Å²) in [7, 11) is 1.30. The lowest BCUT2D eigenvalue weighted by molar-refractivity contribution is -0.147. The molecule has 0 aliphatic rings. The first kappa shape index (κ1) is 26.9. The molecule has 3 rings (SSSR count). The summed E-state index contributed by atoms with van der Waals surface area (Å²) in [6, 6.07) is 8.81. The van der Waals surface area contributed by atoms with E-state index in [1.165, 1.54) is 11.8 Å². The van der Waals surface area contributed by atoms with Crippen LogP contribution in [0.15, 0.2) is 49.2 Å². The number of rotatable bonds is 7. The SMILES string of the molecule is CCOc1cc(C=Nn2c(C(C)(C)C)nc3ccc(Br)cc3c2=O)c(Br)cc1O[C@H](C)C(=O)OC. The van der Waals surface area contributed by atoms with Gasteiger partial charge in [-0.25, -0.2) is 9.78 Å². The molecule has 8 nitrogen and oxygen atoms in total. The Kier molecular flexibility index (Phi) is 8.38. The minimum atomic E-state index is -0.818. The highest BCUT2D eigenvalue weighted by Gasteiger charge is 2.23. The van der Waals surface area contributed by atoms with Gasteiger partial charge in [0, 0.05) is 19.9 Å². The van der Waals surface area contributed by atoms with Gasteiger partial charge >= 0.3 is 5.97 Å². The summed E-state index contributed by atoms with van der Waals surface area (Å²) in [5, 5.41) is 4.97. The molecule has 1 atom stereocenters. The number of hydrogen-bond acceptors (Lipinski definition) is 7. The van der Waals surface area contributed by atoms with Crippen LogP contribution in [0.3, 0.4) is 0 Å². The van der Waals surface area contributed by atoms with Gasteiger partial charge in [0.2, 0.25) is 0 Å². The number of ether oxygens (including phenoxy) is 3. The van der Waals surface area contributed by atoms with Crippen molar-refractivity contribution < 1.29 is 19.0 Å². The number of methoxy groups -OCH3 is 1. The molecule has 0 unspecified atom stereocenters. The molecule has 186 valence electrons. The fourth-order valence-corrected chi connectivity index (χ4v) is 4.06. The molecule has 3 aromatic rings. The first-order valence-corrected chi connectivity index (χ1v) is 12.5. The molecular formula is C25H27Br2N3O5. The summed E-state index contributed by atoms with van der Waals surface area (Å²) >= 11 is 6.94. The van der Waals surface area contributed by atoms with Crippen LogP contribution in [0.5, 0.6) is 11.5 Å². The van der Waals surface area contributed by atoms with Crippen LogP contribution < -0.4 is 15.0 Å². The summed E-state index contributed by atoms with van der Waals surface area (Å²) in [6.45, 7) is 9.75. The number of carbonyl (C=O) groups is 1. The fourth-order valence-electron chi connectivity index (χ4n) is 3.28. The number of aromatic nitrogens is 2. The molecule has 2 aromatic carbocycles. The Labute approximate surface area is 220 Å². The van der Waals surface area contributed by atoms with Crippen LogP contribution in [0.4, 0.5) is 0 Å². The second-order valence-corrected chi connectivity index (χ2v) is 10.5. The highest BCUT2D eigenvalue weighted by Crippen LogP contribution is 2.34. The van der Waals surface area contributed by atoms with Gasteiger partial charge in [-0.05, 0) is 60.1 Å². The summed E-state index contributed by atoms with van der Waals surface area (Å²) < 4.78 is 19.0. The molecule has 1 heterocycles. The van der Waals surface area contributed by atoms with Crippen molar-refractivity contribution in [3.63, 3.8) is 0 Å². The monoisotopic (exact) mass is 607 g/mol. The lowest BCUT2D eigenvalue weighted by Gasteiger charge is -2.21. The molecule has 0 aliphatic heterocycles. The average Bonchev–Trinajstić information content (AvgIpc) is 2.79. The van der Waals surface area contributed by atoms with Gasteiger partial charge in [0.05, 0.1) is 30.8 Å².